The van der Waals surface area contributed by atoms with Crippen molar-refractivity contribution < 1.29 is 9.53 Å². The van der Waals surface area contributed by atoms with E-state index in [9.17, 15) is 4.79 Å². The second kappa shape index (κ2) is 10.5. The summed E-state index contributed by atoms with van der Waals surface area (Å²) in [6.07, 6.45) is 2.40. The largest absolute Gasteiger partial charge is 0.462 e. The van der Waals surface area contributed by atoms with Crippen LogP contribution in [0.15, 0.2) is 24.3 Å². The number of nitrogens with zero attached hydrogens (tertiary/aromatic N) is 1. The molecule has 1 aliphatic heterocycles. The number of thiocarbonyl (C=S) groups is 1. The Morgan fingerprint density at radius 1 is 1.31 bits per heavy atom. The number of carbonyl (C=O) groups excluding carboxylic acids is 1. The van der Waals surface area contributed by atoms with Gasteiger partial charge in [0.1, 0.15) is 0 Å². The summed E-state index contributed by atoms with van der Waals surface area (Å²) in [5, 5.41) is 6.95. The fraction of sp³-hybridized carbons (Fsp3) is 0.600. The molecule has 2 atom stereocenters. The highest BCUT2D eigenvalue weighted by molar-refractivity contribution is 7.80. The van der Waals surface area contributed by atoms with Crippen LogP contribution in [-0.2, 0) is 4.74 Å². The summed E-state index contributed by atoms with van der Waals surface area (Å²) in [6, 6.07) is 7.19. The number of esters is 1. The molecule has 0 amide bonds. The molecule has 6 heteroatoms. The molecule has 0 aliphatic carbocycles. The van der Waals surface area contributed by atoms with Gasteiger partial charge in [-0.3, -0.25) is 0 Å². The van der Waals surface area contributed by atoms with Crippen LogP contribution in [0.1, 0.15) is 44.0 Å². The molecule has 0 bridgehead atoms. The summed E-state index contributed by atoms with van der Waals surface area (Å²) >= 11 is 5.35. The number of nitrogens with one attached hydrogen (secondary N) is 2. The quantitative estimate of drug-likeness (QED) is 0.431. The molecule has 2 unspecified atom stereocenters. The lowest BCUT2D eigenvalue weighted by molar-refractivity contribution is 0.0526. The first-order valence-corrected chi connectivity index (χ1v) is 9.93. The van der Waals surface area contributed by atoms with E-state index in [1.54, 1.807) is 19.1 Å². The molecule has 2 rings (SSSR count). The Morgan fingerprint density at radius 2 is 2.04 bits per heavy atom. The molecular formula is C20H31N3O2S. The normalized spacial score (nSPS) is 20.4. The predicted molar refractivity (Wildman–Crippen MR) is 111 cm³/mol. The number of benzene rings is 1. The second-order valence-electron chi connectivity index (χ2n) is 7.24. The molecule has 1 aromatic rings. The van der Waals surface area contributed by atoms with E-state index in [2.05, 4.69) is 29.4 Å². The number of hydrogen-bond donors (Lipinski definition) is 2. The summed E-state index contributed by atoms with van der Waals surface area (Å²) in [7, 11) is 0. The van der Waals surface area contributed by atoms with Gasteiger partial charge in [-0.15, -0.1) is 0 Å². The van der Waals surface area contributed by atoms with Crippen LogP contribution in [0.4, 0.5) is 5.69 Å². The van der Waals surface area contributed by atoms with Gasteiger partial charge in [0.2, 0.25) is 0 Å². The zero-order chi connectivity index (χ0) is 18.9. The minimum atomic E-state index is -0.319. The number of piperidine rings is 1. The van der Waals surface area contributed by atoms with Crippen LogP contribution < -0.4 is 10.6 Å². The molecule has 1 saturated heterocycles. The zero-order valence-corrected chi connectivity index (χ0v) is 16.9. The first-order valence-electron chi connectivity index (χ1n) is 9.52. The van der Waals surface area contributed by atoms with Crippen molar-refractivity contribution >= 4 is 29.0 Å². The van der Waals surface area contributed by atoms with Crippen molar-refractivity contribution in [2.45, 2.75) is 33.6 Å². The summed E-state index contributed by atoms with van der Waals surface area (Å²) in [6.45, 7) is 11.2. The molecule has 1 aliphatic rings. The first kappa shape index (κ1) is 20.6. The maximum atomic E-state index is 11.8. The molecule has 0 spiro atoms. The number of ether oxygens (including phenoxy) is 1. The Kier molecular flexibility index (Phi) is 8.32. The highest BCUT2D eigenvalue weighted by Gasteiger charge is 2.20. The van der Waals surface area contributed by atoms with E-state index >= 15 is 0 Å². The van der Waals surface area contributed by atoms with Crippen molar-refractivity contribution in [1.29, 1.82) is 0 Å². The van der Waals surface area contributed by atoms with Crippen molar-refractivity contribution in [3.63, 3.8) is 0 Å². The van der Waals surface area contributed by atoms with Crippen LogP contribution in [0, 0.1) is 11.8 Å². The summed E-state index contributed by atoms with van der Waals surface area (Å²) < 4.78 is 5.02. The monoisotopic (exact) mass is 377 g/mol. The van der Waals surface area contributed by atoms with Gasteiger partial charge in [-0.25, -0.2) is 4.79 Å². The molecule has 1 aromatic carbocycles. The fourth-order valence-corrected chi connectivity index (χ4v) is 3.81. The molecule has 2 N–H and O–H groups in total. The Bertz CT molecular complexity index is 598. The number of rotatable bonds is 7. The summed E-state index contributed by atoms with van der Waals surface area (Å²) in [5.41, 5.74) is 1.31. The van der Waals surface area contributed by atoms with E-state index in [0.29, 0.717) is 17.3 Å². The van der Waals surface area contributed by atoms with E-state index in [4.69, 9.17) is 17.0 Å². The minimum Gasteiger partial charge on any atom is -0.462 e. The van der Waals surface area contributed by atoms with Gasteiger partial charge in [0.25, 0.3) is 0 Å². The van der Waals surface area contributed by atoms with Gasteiger partial charge in [-0.05, 0) is 68.6 Å². The SMILES string of the molecule is CCOC(=O)c1cccc(NC(=S)NCCCN2CC(C)CC(C)C2)c1. The van der Waals surface area contributed by atoms with Crippen LogP contribution in [0.5, 0.6) is 0 Å². The van der Waals surface area contributed by atoms with E-state index in [1.165, 1.54) is 19.5 Å². The standard InChI is InChI=1S/C20H31N3O2S/c1-4-25-19(24)17-7-5-8-18(12-17)22-20(26)21-9-6-10-23-13-15(2)11-16(3)14-23/h5,7-8,12,15-16H,4,6,9-11,13-14H2,1-3H3,(H2,21,22,26). The molecule has 0 radical (unpaired) electrons. The van der Waals surface area contributed by atoms with Crippen LogP contribution in [0.2, 0.25) is 0 Å². The molecule has 0 saturated carbocycles. The fourth-order valence-electron chi connectivity index (χ4n) is 3.59. The van der Waals surface area contributed by atoms with E-state index in [-0.39, 0.29) is 5.97 Å². The third-order valence-corrected chi connectivity index (χ3v) is 4.76. The molecule has 26 heavy (non-hydrogen) atoms. The minimum absolute atomic E-state index is 0.319. The highest BCUT2D eigenvalue weighted by Crippen LogP contribution is 2.20. The first-order chi connectivity index (χ1) is 12.5. The third-order valence-electron chi connectivity index (χ3n) is 4.51. The van der Waals surface area contributed by atoms with Crippen molar-refractivity contribution in [3.8, 4) is 0 Å². The van der Waals surface area contributed by atoms with Crippen LogP contribution in [0.3, 0.4) is 0 Å². The Labute approximate surface area is 162 Å². The van der Waals surface area contributed by atoms with Gasteiger partial charge in [-0.2, -0.15) is 0 Å². The maximum absolute atomic E-state index is 11.8. The van der Waals surface area contributed by atoms with Gasteiger partial charge in [-0.1, -0.05) is 19.9 Å². The Hall–Kier alpha value is -1.66. The van der Waals surface area contributed by atoms with Crippen LogP contribution >= 0.6 is 12.2 Å². The lowest BCUT2D eigenvalue weighted by Gasteiger charge is -2.35. The third kappa shape index (κ3) is 6.92. The lowest BCUT2D eigenvalue weighted by atomic mass is 9.92. The zero-order valence-electron chi connectivity index (χ0n) is 16.1. The Morgan fingerprint density at radius 3 is 2.73 bits per heavy atom. The highest BCUT2D eigenvalue weighted by atomic mass is 32.1. The molecule has 0 aromatic heterocycles. The smallest absolute Gasteiger partial charge is 0.338 e. The van der Waals surface area contributed by atoms with Gasteiger partial charge in [0.05, 0.1) is 12.2 Å². The van der Waals surface area contributed by atoms with E-state index < -0.39 is 0 Å². The van der Waals surface area contributed by atoms with Gasteiger partial charge in [0.15, 0.2) is 5.11 Å². The summed E-state index contributed by atoms with van der Waals surface area (Å²) in [4.78, 5) is 14.3. The molecule has 5 nitrogen and oxygen atoms in total. The predicted octanol–water partition coefficient (Wildman–Crippen LogP) is 3.52. The second-order valence-corrected chi connectivity index (χ2v) is 7.65. The van der Waals surface area contributed by atoms with Crippen molar-refractivity contribution in [2.75, 3.05) is 38.1 Å². The Balaban J connectivity index is 1.70. The van der Waals surface area contributed by atoms with Crippen molar-refractivity contribution in [1.82, 2.24) is 10.2 Å². The molecule has 144 valence electrons. The average Bonchev–Trinajstić information content (AvgIpc) is 2.58. The number of carbonyl (C=O) groups is 1. The topological polar surface area (TPSA) is 53.6 Å². The van der Waals surface area contributed by atoms with Crippen molar-refractivity contribution in [2.24, 2.45) is 11.8 Å². The number of hydrogen-bond acceptors (Lipinski definition) is 4. The maximum Gasteiger partial charge on any atom is 0.338 e. The molecular weight excluding hydrogens is 346 g/mol. The van der Waals surface area contributed by atoms with Crippen molar-refractivity contribution in [3.05, 3.63) is 29.8 Å². The van der Waals surface area contributed by atoms with Crippen LogP contribution in [-0.4, -0.2) is 48.8 Å². The molecule has 1 fully saturated rings. The number of anilines is 1. The van der Waals surface area contributed by atoms with Gasteiger partial charge < -0.3 is 20.3 Å². The lowest BCUT2D eigenvalue weighted by Crippen LogP contribution is -2.40. The summed E-state index contributed by atoms with van der Waals surface area (Å²) in [5.74, 6) is 1.27. The number of likely N-dealkylation sites (tertiary alicyclic amines) is 1. The van der Waals surface area contributed by atoms with E-state index in [0.717, 1.165) is 37.0 Å². The average molecular weight is 378 g/mol. The van der Waals surface area contributed by atoms with Gasteiger partial charge >= 0.3 is 5.97 Å². The molecule has 1 heterocycles. The van der Waals surface area contributed by atoms with E-state index in [1.807, 2.05) is 12.1 Å². The van der Waals surface area contributed by atoms with Gasteiger partial charge in [0, 0.05) is 25.3 Å². The van der Waals surface area contributed by atoms with Crippen LogP contribution in [0.25, 0.3) is 0 Å².